The van der Waals surface area contributed by atoms with Gasteiger partial charge in [0.25, 0.3) is 0 Å². The highest BCUT2D eigenvalue weighted by Crippen LogP contribution is 2.39. The Balaban J connectivity index is 1.76. The van der Waals surface area contributed by atoms with Gasteiger partial charge in [-0.2, -0.15) is 0 Å². The summed E-state index contributed by atoms with van der Waals surface area (Å²) in [6.07, 6.45) is 2.21. The lowest BCUT2D eigenvalue weighted by Gasteiger charge is -2.17. The van der Waals surface area contributed by atoms with Crippen LogP contribution < -0.4 is 24.3 Å². The summed E-state index contributed by atoms with van der Waals surface area (Å²) in [7, 11) is 3.22. The summed E-state index contributed by atoms with van der Waals surface area (Å²) in [5, 5.41) is 2.85. The van der Waals surface area contributed by atoms with Gasteiger partial charge in [-0.25, -0.2) is 8.42 Å². The molecule has 0 aliphatic heterocycles. The van der Waals surface area contributed by atoms with Gasteiger partial charge in [0.05, 0.1) is 32.8 Å². The lowest BCUT2D eigenvalue weighted by atomic mass is 10.2. The number of nitrogens with one attached hydrogen (secondary N) is 1. The van der Waals surface area contributed by atoms with Gasteiger partial charge in [-0.1, -0.05) is 6.07 Å². The number of anilines is 1. The van der Waals surface area contributed by atoms with E-state index in [4.69, 9.17) is 18.9 Å². The Bertz CT molecular complexity index is 1020. The van der Waals surface area contributed by atoms with Crippen molar-refractivity contribution in [2.24, 2.45) is 0 Å². The summed E-state index contributed by atoms with van der Waals surface area (Å²) < 4.78 is 44.8. The van der Waals surface area contributed by atoms with Crippen molar-refractivity contribution in [2.75, 3.05) is 59.6 Å². The number of ether oxygens (including phenoxy) is 4. The van der Waals surface area contributed by atoms with Crippen LogP contribution in [0.15, 0.2) is 41.3 Å². The minimum absolute atomic E-state index is 0.134. The van der Waals surface area contributed by atoms with E-state index >= 15 is 0 Å². The topological polar surface area (TPSA) is 103 Å². The molecular formula is C23H32N2O7S. The third-order valence-corrected chi connectivity index (χ3v) is 5.97. The molecule has 0 atom stereocenters. The second-order valence-corrected chi connectivity index (χ2v) is 9.48. The standard InChI is InChI=1S/C23H32N2O7S/c1-25(11-7-13-32-18-8-6-9-19(16-18)33(5,27)28)12-10-22(26)24-17-14-20(29-2)23(31-4)21(15-17)30-3/h6,8-9,14-16H,7,10-13H2,1-5H3,(H,24,26). The Morgan fingerprint density at radius 1 is 1.00 bits per heavy atom. The number of carbonyl (C=O) groups excluding carboxylic acids is 1. The second kappa shape index (κ2) is 12.3. The molecule has 0 radical (unpaired) electrons. The Kier molecular flexibility index (Phi) is 9.80. The summed E-state index contributed by atoms with van der Waals surface area (Å²) in [6.45, 7) is 1.73. The van der Waals surface area contributed by atoms with Crippen LogP contribution in [-0.4, -0.2) is 73.6 Å². The van der Waals surface area contributed by atoms with Crippen LogP contribution in [-0.2, 0) is 14.6 Å². The van der Waals surface area contributed by atoms with Crippen molar-refractivity contribution in [2.45, 2.75) is 17.7 Å². The fourth-order valence-electron chi connectivity index (χ4n) is 3.10. The first-order valence-corrected chi connectivity index (χ1v) is 12.3. The molecule has 10 heteroatoms. The zero-order valence-electron chi connectivity index (χ0n) is 19.7. The van der Waals surface area contributed by atoms with Gasteiger partial charge in [0, 0.05) is 43.6 Å². The van der Waals surface area contributed by atoms with Crippen LogP contribution in [0.3, 0.4) is 0 Å². The first-order chi connectivity index (χ1) is 15.7. The molecule has 182 valence electrons. The molecular weight excluding hydrogens is 448 g/mol. The Hall–Kier alpha value is -2.98. The van der Waals surface area contributed by atoms with E-state index in [0.717, 1.165) is 13.0 Å². The Labute approximate surface area is 195 Å². The van der Waals surface area contributed by atoms with Crippen LogP contribution in [0.5, 0.6) is 23.0 Å². The number of amides is 1. The predicted molar refractivity (Wildman–Crippen MR) is 127 cm³/mol. The normalized spacial score (nSPS) is 11.2. The van der Waals surface area contributed by atoms with E-state index in [0.29, 0.717) is 48.3 Å². The number of carbonyl (C=O) groups is 1. The number of sulfone groups is 1. The van der Waals surface area contributed by atoms with Crippen molar-refractivity contribution in [1.29, 1.82) is 0 Å². The number of benzene rings is 2. The second-order valence-electron chi connectivity index (χ2n) is 7.46. The monoisotopic (exact) mass is 480 g/mol. The molecule has 0 bridgehead atoms. The zero-order valence-corrected chi connectivity index (χ0v) is 20.5. The van der Waals surface area contributed by atoms with Gasteiger partial charge < -0.3 is 29.2 Å². The SMILES string of the molecule is COc1cc(NC(=O)CCN(C)CCCOc2cccc(S(C)(=O)=O)c2)cc(OC)c1OC. The molecule has 2 aromatic rings. The van der Waals surface area contributed by atoms with Gasteiger partial charge in [0.1, 0.15) is 5.75 Å². The van der Waals surface area contributed by atoms with Gasteiger partial charge >= 0.3 is 0 Å². The summed E-state index contributed by atoms with van der Waals surface area (Å²) in [4.78, 5) is 14.6. The Morgan fingerprint density at radius 3 is 2.24 bits per heavy atom. The molecule has 0 aliphatic carbocycles. The van der Waals surface area contributed by atoms with Crippen molar-refractivity contribution in [1.82, 2.24) is 4.90 Å². The minimum Gasteiger partial charge on any atom is -0.494 e. The third-order valence-electron chi connectivity index (χ3n) is 4.86. The molecule has 0 aromatic heterocycles. The number of methoxy groups -OCH3 is 3. The molecule has 0 saturated heterocycles. The van der Waals surface area contributed by atoms with Crippen LogP contribution >= 0.6 is 0 Å². The van der Waals surface area contributed by atoms with E-state index in [1.54, 1.807) is 30.3 Å². The van der Waals surface area contributed by atoms with Crippen LogP contribution in [0.1, 0.15) is 12.8 Å². The lowest BCUT2D eigenvalue weighted by Crippen LogP contribution is -2.26. The third kappa shape index (κ3) is 8.14. The van der Waals surface area contributed by atoms with Crippen LogP contribution in [0.4, 0.5) is 5.69 Å². The van der Waals surface area contributed by atoms with Crippen molar-refractivity contribution < 1.29 is 32.2 Å². The van der Waals surface area contributed by atoms with E-state index in [1.807, 2.05) is 11.9 Å². The average Bonchev–Trinajstić information content (AvgIpc) is 2.79. The number of hydrogen-bond donors (Lipinski definition) is 1. The van der Waals surface area contributed by atoms with E-state index in [9.17, 15) is 13.2 Å². The molecule has 2 aromatic carbocycles. The molecule has 1 N–H and O–H groups in total. The molecule has 2 rings (SSSR count). The average molecular weight is 481 g/mol. The van der Waals surface area contributed by atoms with E-state index < -0.39 is 9.84 Å². The fraction of sp³-hybridized carbons (Fsp3) is 0.435. The van der Waals surface area contributed by atoms with Gasteiger partial charge in [-0.15, -0.1) is 0 Å². The number of nitrogens with zero attached hydrogens (tertiary/aromatic N) is 1. The maximum Gasteiger partial charge on any atom is 0.225 e. The van der Waals surface area contributed by atoms with E-state index in [-0.39, 0.29) is 10.8 Å². The molecule has 0 fully saturated rings. The first-order valence-electron chi connectivity index (χ1n) is 10.4. The van der Waals surface area contributed by atoms with Crippen molar-refractivity contribution in [3.63, 3.8) is 0 Å². The number of hydrogen-bond acceptors (Lipinski definition) is 8. The van der Waals surface area contributed by atoms with Gasteiger partial charge in [0.15, 0.2) is 21.3 Å². The summed E-state index contributed by atoms with van der Waals surface area (Å²) in [5.41, 5.74) is 0.557. The zero-order chi connectivity index (χ0) is 24.4. The quantitative estimate of drug-likeness (QED) is 0.437. The first kappa shape index (κ1) is 26.3. The predicted octanol–water partition coefficient (Wildman–Crippen LogP) is 2.85. The van der Waals surface area contributed by atoms with Crippen LogP contribution in [0.25, 0.3) is 0 Å². The molecule has 9 nitrogen and oxygen atoms in total. The number of rotatable bonds is 13. The molecule has 0 heterocycles. The largest absolute Gasteiger partial charge is 0.494 e. The maximum absolute atomic E-state index is 12.4. The molecule has 33 heavy (non-hydrogen) atoms. The van der Waals surface area contributed by atoms with Crippen LogP contribution in [0, 0.1) is 0 Å². The van der Waals surface area contributed by atoms with Crippen molar-refractivity contribution in [3.05, 3.63) is 36.4 Å². The fourth-order valence-corrected chi connectivity index (χ4v) is 3.76. The molecule has 0 spiro atoms. The van der Waals surface area contributed by atoms with Gasteiger partial charge in [-0.05, 0) is 31.7 Å². The van der Waals surface area contributed by atoms with Crippen molar-refractivity contribution in [3.8, 4) is 23.0 Å². The highest BCUT2D eigenvalue weighted by Gasteiger charge is 2.15. The van der Waals surface area contributed by atoms with Gasteiger partial charge in [0.2, 0.25) is 11.7 Å². The summed E-state index contributed by atoms with van der Waals surface area (Å²) in [5.74, 6) is 1.77. The van der Waals surface area contributed by atoms with E-state index in [1.165, 1.54) is 33.7 Å². The summed E-state index contributed by atoms with van der Waals surface area (Å²) >= 11 is 0. The lowest BCUT2D eigenvalue weighted by molar-refractivity contribution is -0.116. The summed E-state index contributed by atoms with van der Waals surface area (Å²) in [6, 6.07) is 9.81. The van der Waals surface area contributed by atoms with Crippen molar-refractivity contribution >= 4 is 21.4 Å². The smallest absolute Gasteiger partial charge is 0.225 e. The Morgan fingerprint density at radius 2 is 1.67 bits per heavy atom. The molecule has 0 aliphatic rings. The highest BCUT2D eigenvalue weighted by molar-refractivity contribution is 7.90. The molecule has 0 saturated carbocycles. The van der Waals surface area contributed by atoms with Crippen LogP contribution in [0.2, 0.25) is 0 Å². The van der Waals surface area contributed by atoms with E-state index in [2.05, 4.69) is 5.32 Å². The molecule has 0 unspecified atom stereocenters. The molecule has 1 amide bonds. The highest BCUT2D eigenvalue weighted by atomic mass is 32.2. The maximum atomic E-state index is 12.4. The van der Waals surface area contributed by atoms with Gasteiger partial charge in [-0.3, -0.25) is 4.79 Å². The minimum atomic E-state index is -3.27.